The van der Waals surface area contributed by atoms with Gasteiger partial charge in [0.05, 0.1) is 0 Å². The number of terminal acetylenes is 1. The van der Waals surface area contributed by atoms with Gasteiger partial charge in [0.25, 0.3) is 0 Å². The first-order valence-electron chi connectivity index (χ1n) is 5.44. The number of rotatable bonds is 1. The average Bonchev–Trinajstić information content (AvgIpc) is 2.84. The van der Waals surface area contributed by atoms with Crippen LogP contribution in [0.1, 0.15) is 5.56 Å². The lowest BCUT2D eigenvalue weighted by Gasteiger charge is -2.07. The van der Waals surface area contributed by atoms with Gasteiger partial charge in [-0.05, 0) is 23.8 Å². The van der Waals surface area contributed by atoms with Crippen LogP contribution in [0, 0.1) is 18.2 Å². The predicted octanol–water partition coefficient (Wildman–Crippen LogP) is 3.20. The van der Waals surface area contributed by atoms with Gasteiger partial charge < -0.3 is 9.47 Å². The fourth-order valence-corrected chi connectivity index (χ4v) is 1.96. The van der Waals surface area contributed by atoms with Crippen LogP contribution in [0.4, 0.5) is 4.39 Å². The quantitative estimate of drug-likeness (QED) is 0.712. The Bertz CT molecular complexity index is 656. The van der Waals surface area contributed by atoms with Gasteiger partial charge in [-0.15, -0.1) is 6.42 Å². The molecule has 0 N–H and O–H groups in total. The Balaban J connectivity index is 2.20. The molecule has 0 aliphatic carbocycles. The first kappa shape index (κ1) is 10.7. The molecule has 18 heavy (non-hydrogen) atoms. The van der Waals surface area contributed by atoms with Crippen molar-refractivity contribution in [1.29, 1.82) is 0 Å². The fraction of sp³-hybridized carbons (Fsp3) is 0.0667. The van der Waals surface area contributed by atoms with E-state index < -0.39 is 0 Å². The van der Waals surface area contributed by atoms with Crippen molar-refractivity contribution in [3.8, 4) is 35.0 Å². The second-order valence-electron chi connectivity index (χ2n) is 3.91. The summed E-state index contributed by atoms with van der Waals surface area (Å²) in [7, 11) is 0. The molecule has 1 aliphatic rings. The van der Waals surface area contributed by atoms with Gasteiger partial charge in [0.1, 0.15) is 5.82 Å². The number of benzene rings is 2. The van der Waals surface area contributed by atoms with E-state index in [1.807, 2.05) is 0 Å². The van der Waals surface area contributed by atoms with Crippen LogP contribution >= 0.6 is 0 Å². The van der Waals surface area contributed by atoms with Gasteiger partial charge in [-0.2, -0.15) is 0 Å². The topological polar surface area (TPSA) is 18.5 Å². The standard InChI is InChI=1S/C15H9FO2/c1-2-10-7-14-15(18-9-17-14)8-13(10)11-4-3-5-12(16)6-11/h1,3-8H,9H2. The summed E-state index contributed by atoms with van der Waals surface area (Å²) in [5.74, 6) is 3.55. The molecule has 0 saturated carbocycles. The maximum atomic E-state index is 13.3. The summed E-state index contributed by atoms with van der Waals surface area (Å²) in [6, 6.07) is 9.82. The first-order valence-corrected chi connectivity index (χ1v) is 5.44. The van der Waals surface area contributed by atoms with E-state index in [1.54, 1.807) is 24.3 Å². The minimum Gasteiger partial charge on any atom is -0.454 e. The van der Waals surface area contributed by atoms with Crippen molar-refractivity contribution in [3.63, 3.8) is 0 Å². The molecular weight excluding hydrogens is 231 g/mol. The van der Waals surface area contributed by atoms with Crippen molar-refractivity contribution < 1.29 is 13.9 Å². The highest BCUT2D eigenvalue weighted by atomic mass is 19.1. The fourth-order valence-electron chi connectivity index (χ4n) is 1.96. The normalized spacial score (nSPS) is 12.2. The zero-order valence-electron chi connectivity index (χ0n) is 9.44. The van der Waals surface area contributed by atoms with Crippen LogP contribution in [0.25, 0.3) is 11.1 Å². The van der Waals surface area contributed by atoms with Gasteiger partial charge in [0.2, 0.25) is 6.79 Å². The smallest absolute Gasteiger partial charge is 0.231 e. The first-order chi connectivity index (χ1) is 8.78. The van der Waals surface area contributed by atoms with E-state index in [4.69, 9.17) is 15.9 Å². The van der Waals surface area contributed by atoms with Gasteiger partial charge in [0, 0.05) is 17.2 Å². The highest BCUT2D eigenvalue weighted by molar-refractivity contribution is 5.74. The molecule has 0 atom stereocenters. The number of ether oxygens (including phenoxy) is 2. The third-order valence-electron chi connectivity index (χ3n) is 2.80. The summed E-state index contributed by atoms with van der Waals surface area (Å²) >= 11 is 0. The molecule has 1 heterocycles. The van der Waals surface area contributed by atoms with Crippen LogP contribution in [0.15, 0.2) is 36.4 Å². The van der Waals surface area contributed by atoms with Gasteiger partial charge in [-0.25, -0.2) is 4.39 Å². The van der Waals surface area contributed by atoms with Crippen LogP contribution in [-0.2, 0) is 0 Å². The molecule has 2 aromatic rings. The minimum absolute atomic E-state index is 0.186. The Morgan fingerprint density at radius 3 is 2.61 bits per heavy atom. The lowest BCUT2D eigenvalue weighted by Crippen LogP contribution is -1.92. The third-order valence-corrected chi connectivity index (χ3v) is 2.80. The lowest BCUT2D eigenvalue weighted by molar-refractivity contribution is 0.174. The van der Waals surface area contributed by atoms with Crippen molar-refractivity contribution in [2.75, 3.05) is 6.79 Å². The van der Waals surface area contributed by atoms with Crippen molar-refractivity contribution in [2.24, 2.45) is 0 Å². The van der Waals surface area contributed by atoms with Crippen molar-refractivity contribution in [3.05, 3.63) is 47.8 Å². The molecule has 3 heteroatoms. The van der Waals surface area contributed by atoms with Crippen LogP contribution < -0.4 is 9.47 Å². The summed E-state index contributed by atoms with van der Waals surface area (Å²) < 4.78 is 23.8. The molecule has 0 fully saturated rings. The average molecular weight is 240 g/mol. The van der Waals surface area contributed by atoms with Gasteiger partial charge >= 0.3 is 0 Å². The Kier molecular flexibility index (Phi) is 2.42. The molecule has 0 radical (unpaired) electrons. The largest absolute Gasteiger partial charge is 0.454 e. The Hall–Kier alpha value is -2.47. The molecule has 1 aliphatic heterocycles. The van der Waals surface area contributed by atoms with Crippen LogP contribution in [0.3, 0.4) is 0 Å². The Labute approximate surface area is 104 Å². The number of hydrogen-bond donors (Lipinski definition) is 0. The summed E-state index contributed by atoms with van der Waals surface area (Å²) in [4.78, 5) is 0. The third kappa shape index (κ3) is 1.68. The second-order valence-corrected chi connectivity index (χ2v) is 3.91. The van der Waals surface area contributed by atoms with Gasteiger partial charge in [-0.3, -0.25) is 0 Å². The maximum Gasteiger partial charge on any atom is 0.231 e. The molecule has 0 bridgehead atoms. The van der Waals surface area contributed by atoms with Crippen LogP contribution in [0.5, 0.6) is 11.5 Å². The number of fused-ring (bicyclic) bond motifs is 1. The molecule has 0 amide bonds. The van der Waals surface area contributed by atoms with Crippen LogP contribution in [-0.4, -0.2) is 6.79 Å². The van der Waals surface area contributed by atoms with E-state index in [0.717, 1.165) is 11.1 Å². The summed E-state index contributed by atoms with van der Waals surface area (Å²) in [5.41, 5.74) is 2.15. The van der Waals surface area contributed by atoms with Gasteiger partial charge in [0.15, 0.2) is 11.5 Å². The summed E-state index contributed by atoms with van der Waals surface area (Å²) in [5, 5.41) is 0. The monoisotopic (exact) mass is 240 g/mol. The molecule has 2 nitrogen and oxygen atoms in total. The zero-order chi connectivity index (χ0) is 12.5. The molecule has 0 unspecified atom stereocenters. The minimum atomic E-state index is -0.298. The SMILES string of the molecule is C#Cc1cc2c(cc1-c1cccc(F)c1)OCO2. The molecule has 0 aromatic heterocycles. The summed E-state index contributed by atoms with van der Waals surface area (Å²) in [6.07, 6.45) is 5.48. The molecular formula is C15H9FO2. The van der Waals surface area contributed by atoms with E-state index >= 15 is 0 Å². The molecule has 88 valence electrons. The molecule has 0 saturated heterocycles. The summed E-state index contributed by atoms with van der Waals surface area (Å²) in [6.45, 7) is 0.186. The molecule has 0 spiro atoms. The van der Waals surface area contributed by atoms with Crippen molar-refractivity contribution >= 4 is 0 Å². The van der Waals surface area contributed by atoms with Crippen LogP contribution in [0.2, 0.25) is 0 Å². The highest BCUT2D eigenvalue weighted by Crippen LogP contribution is 2.38. The van der Waals surface area contributed by atoms with Gasteiger partial charge in [-0.1, -0.05) is 18.1 Å². The zero-order valence-corrected chi connectivity index (χ0v) is 9.44. The Morgan fingerprint density at radius 2 is 1.89 bits per heavy atom. The molecule has 2 aromatic carbocycles. The van der Waals surface area contributed by atoms with E-state index in [-0.39, 0.29) is 12.6 Å². The highest BCUT2D eigenvalue weighted by Gasteiger charge is 2.17. The predicted molar refractivity (Wildman–Crippen MR) is 65.9 cm³/mol. The second kappa shape index (κ2) is 4.08. The number of hydrogen-bond acceptors (Lipinski definition) is 2. The lowest BCUT2D eigenvalue weighted by atomic mass is 9.99. The van der Waals surface area contributed by atoms with E-state index in [9.17, 15) is 4.39 Å². The molecule has 3 rings (SSSR count). The van der Waals surface area contributed by atoms with E-state index in [1.165, 1.54) is 12.1 Å². The maximum absolute atomic E-state index is 13.3. The van der Waals surface area contributed by atoms with E-state index in [2.05, 4.69) is 5.92 Å². The Morgan fingerprint density at radius 1 is 1.11 bits per heavy atom. The number of halogens is 1. The van der Waals surface area contributed by atoms with E-state index in [0.29, 0.717) is 17.1 Å². The van der Waals surface area contributed by atoms with Crippen molar-refractivity contribution in [2.45, 2.75) is 0 Å². The van der Waals surface area contributed by atoms with Crippen molar-refractivity contribution in [1.82, 2.24) is 0 Å².